The summed E-state index contributed by atoms with van der Waals surface area (Å²) in [5, 5.41) is -0.255. The van der Waals surface area contributed by atoms with Gasteiger partial charge in [0.05, 0.1) is 17.7 Å². The van der Waals surface area contributed by atoms with E-state index in [9.17, 15) is 8.78 Å². The van der Waals surface area contributed by atoms with Gasteiger partial charge >= 0.3 is 0 Å². The maximum absolute atomic E-state index is 14.1. The first-order chi connectivity index (χ1) is 7.99. The van der Waals surface area contributed by atoms with Crippen LogP contribution in [-0.4, -0.2) is 7.11 Å². The Bertz CT molecular complexity index is 445. The van der Waals surface area contributed by atoms with Crippen molar-refractivity contribution < 1.29 is 13.5 Å². The fourth-order valence-corrected chi connectivity index (χ4v) is 2.67. The molecule has 1 aromatic carbocycles. The van der Waals surface area contributed by atoms with Gasteiger partial charge in [-0.15, -0.1) is 0 Å². The van der Waals surface area contributed by atoms with Crippen LogP contribution >= 0.6 is 11.6 Å². The Hall–Kier alpha value is -0.870. The van der Waals surface area contributed by atoms with E-state index in [1.807, 2.05) is 0 Å². The van der Waals surface area contributed by atoms with E-state index in [1.54, 1.807) is 0 Å². The number of hydrogen-bond acceptors (Lipinski definition) is 2. The quantitative estimate of drug-likeness (QED) is 0.829. The average Bonchev–Trinajstić information content (AvgIpc) is 2.71. The van der Waals surface area contributed by atoms with Crippen molar-refractivity contribution in [3.05, 3.63) is 28.3 Å². The molecule has 0 saturated heterocycles. The minimum absolute atomic E-state index is 0.0718. The number of halogens is 3. The van der Waals surface area contributed by atoms with Crippen LogP contribution in [-0.2, 0) is 5.54 Å². The number of methoxy groups -OCH3 is 1. The van der Waals surface area contributed by atoms with Crippen molar-refractivity contribution in [1.29, 1.82) is 0 Å². The first-order valence-electron chi connectivity index (χ1n) is 5.50. The molecule has 0 unspecified atom stereocenters. The SMILES string of the molecule is COc1c(F)cc(Cl)c(F)c1C1(N)CCCC1. The van der Waals surface area contributed by atoms with E-state index in [0.29, 0.717) is 12.8 Å². The van der Waals surface area contributed by atoms with Crippen LogP contribution in [0.5, 0.6) is 5.75 Å². The highest BCUT2D eigenvalue weighted by Gasteiger charge is 2.38. The minimum atomic E-state index is -0.874. The van der Waals surface area contributed by atoms with Crippen molar-refractivity contribution in [2.75, 3.05) is 7.11 Å². The van der Waals surface area contributed by atoms with E-state index in [0.717, 1.165) is 18.9 Å². The standard InChI is InChI=1S/C12H14ClF2NO/c1-17-11-8(14)6-7(13)10(15)9(11)12(16)4-2-3-5-12/h6H,2-5,16H2,1H3. The highest BCUT2D eigenvalue weighted by molar-refractivity contribution is 6.30. The van der Waals surface area contributed by atoms with Gasteiger partial charge in [-0.25, -0.2) is 8.78 Å². The van der Waals surface area contributed by atoms with Crippen molar-refractivity contribution in [3.8, 4) is 5.75 Å². The molecular weight excluding hydrogens is 248 g/mol. The minimum Gasteiger partial charge on any atom is -0.493 e. The molecule has 1 aliphatic rings. The highest BCUT2D eigenvalue weighted by atomic mass is 35.5. The van der Waals surface area contributed by atoms with E-state index >= 15 is 0 Å². The Kier molecular flexibility index (Phi) is 3.27. The molecular formula is C12H14ClF2NO. The molecule has 1 aliphatic carbocycles. The molecule has 2 rings (SSSR count). The van der Waals surface area contributed by atoms with E-state index in [1.165, 1.54) is 7.11 Å². The van der Waals surface area contributed by atoms with Gasteiger partial charge in [-0.2, -0.15) is 0 Å². The lowest BCUT2D eigenvalue weighted by Gasteiger charge is -2.27. The van der Waals surface area contributed by atoms with Crippen LogP contribution in [0.4, 0.5) is 8.78 Å². The Morgan fingerprint density at radius 3 is 2.47 bits per heavy atom. The molecule has 0 amide bonds. The molecule has 1 fully saturated rings. The maximum atomic E-state index is 14.1. The van der Waals surface area contributed by atoms with E-state index in [4.69, 9.17) is 22.1 Å². The third-order valence-corrected chi connectivity index (χ3v) is 3.60. The van der Waals surface area contributed by atoms with Crippen molar-refractivity contribution >= 4 is 11.6 Å². The van der Waals surface area contributed by atoms with Crippen LogP contribution in [0.3, 0.4) is 0 Å². The zero-order chi connectivity index (χ0) is 12.6. The summed E-state index contributed by atoms with van der Waals surface area (Å²) in [5.41, 5.74) is 5.35. The number of ether oxygens (including phenoxy) is 1. The number of hydrogen-bond donors (Lipinski definition) is 1. The zero-order valence-corrected chi connectivity index (χ0v) is 10.3. The van der Waals surface area contributed by atoms with Gasteiger partial charge in [0.25, 0.3) is 0 Å². The van der Waals surface area contributed by atoms with Gasteiger partial charge in [-0.3, -0.25) is 0 Å². The molecule has 0 spiro atoms. The summed E-state index contributed by atoms with van der Waals surface area (Å²) in [6.45, 7) is 0. The fraction of sp³-hybridized carbons (Fsp3) is 0.500. The molecule has 0 radical (unpaired) electrons. The summed E-state index contributed by atoms with van der Waals surface area (Å²) < 4.78 is 32.7. The Labute approximate surface area is 104 Å². The van der Waals surface area contributed by atoms with E-state index in [-0.39, 0.29) is 16.3 Å². The Morgan fingerprint density at radius 2 is 1.94 bits per heavy atom. The molecule has 2 nitrogen and oxygen atoms in total. The van der Waals surface area contributed by atoms with Crippen LogP contribution in [0, 0.1) is 11.6 Å². The molecule has 17 heavy (non-hydrogen) atoms. The van der Waals surface area contributed by atoms with Gasteiger partial charge in [0.1, 0.15) is 0 Å². The second-order valence-electron chi connectivity index (χ2n) is 4.43. The second kappa shape index (κ2) is 4.42. The molecule has 1 aromatic rings. The molecule has 0 aromatic heterocycles. The lowest BCUT2D eigenvalue weighted by Crippen LogP contribution is -2.35. The molecule has 0 atom stereocenters. The summed E-state index contributed by atoms with van der Waals surface area (Å²) in [6, 6.07) is 0.914. The number of benzene rings is 1. The van der Waals surface area contributed by atoms with Gasteiger partial charge in [0, 0.05) is 5.54 Å². The van der Waals surface area contributed by atoms with Gasteiger partial charge in [-0.05, 0) is 18.9 Å². The number of rotatable bonds is 2. The second-order valence-corrected chi connectivity index (χ2v) is 4.83. The van der Waals surface area contributed by atoms with Crippen molar-refractivity contribution in [2.45, 2.75) is 31.2 Å². The molecule has 2 N–H and O–H groups in total. The lowest BCUT2D eigenvalue weighted by atomic mass is 9.88. The Morgan fingerprint density at radius 1 is 1.35 bits per heavy atom. The predicted molar refractivity (Wildman–Crippen MR) is 62.3 cm³/mol. The van der Waals surface area contributed by atoms with Crippen LogP contribution in [0.1, 0.15) is 31.2 Å². The highest BCUT2D eigenvalue weighted by Crippen LogP contribution is 2.44. The van der Waals surface area contributed by atoms with Crippen LogP contribution in [0.2, 0.25) is 5.02 Å². The number of nitrogens with two attached hydrogens (primary N) is 1. The maximum Gasteiger partial charge on any atom is 0.167 e. The molecule has 0 aliphatic heterocycles. The topological polar surface area (TPSA) is 35.2 Å². The van der Waals surface area contributed by atoms with Crippen molar-refractivity contribution in [3.63, 3.8) is 0 Å². The lowest BCUT2D eigenvalue weighted by molar-refractivity contribution is 0.345. The molecule has 94 valence electrons. The summed E-state index contributed by atoms with van der Waals surface area (Å²) in [4.78, 5) is 0. The zero-order valence-electron chi connectivity index (χ0n) is 9.53. The van der Waals surface area contributed by atoms with Gasteiger partial charge in [-0.1, -0.05) is 24.4 Å². The van der Waals surface area contributed by atoms with Crippen molar-refractivity contribution in [2.24, 2.45) is 5.73 Å². The van der Waals surface area contributed by atoms with E-state index < -0.39 is 17.2 Å². The summed E-state index contributed by atoms with van der Waals surface area (Å²) in [5.74, 6) is -1.48. The summed E-state index contributed by atoms with van der Waals surface area (Å²) in [7, 11) is 1.30. The van der Waals surface area contributed by atoms with E-state index in [2.05, 4.69) is 0 Å². The Balaban J connectivity index is 2.65. The first-order valence-corrected chi connectivity index (χ1v) is 5.88. The predicted octanol–water partition coefficient (Wildman–Crippen LogP) is 3.35. The monoisotopic (exact) mass is 261 g/mol. The van der Waals surface area contributed by atoms with Crippen molar-refractivity contribution in [1.82, 2.24) is 0 Å². The normalized spacial score (nSPS) is 18.4. The van der Waals surface area contributed by atoms with Gasteiger partial charge in [0.2, 0.25) is 0 Å². The fourth-order valence-electron chi connectivity index (χ4n) is 2.48. The van der Waals surface area contributed by atoms with Crippen LogP contribution in [0.25, 0.3) is 0 Å². The van der Waals surface area contributed by atoms with Gasteiger partial charge in [0.15, 0.2) is 17.4 Å². The third-order valence-electron chi connectivity index (χ3n) is 3.32. The largest absolute Gasteiger partial charge is 0.493 e. The molecule has 0 bridgehead atoms. The average molecular weight is 262 g/mol. The summed E-state index contributed by atoms with van der Waals surface area (Å²) >= 11 is 5.66. The molecule has 1 saturated carbocycles. The van der Waals surface area contributed by atoms with Crippen LogP contribution in [0.15, 0.2) is 6.07 Å². The van der Waals surface area contributed by atoms with Gasteiger partial charge < -0.3 is 10.5 Å². The third kappa shape index (κ3) is 2.00. The smallest absolute Gasteiger partial charge is 0.167 e. The molecule has 5 heteroatoms. The molecule has 0 heterocycles. The van der Waals surface area contributed by atoms with Crippen LogP contribution < -0.4 is 10.5 Å². The first kappa shape index (κ1) is 12.6. The summed E-state index contributed by atoms with van der Waals surface area (Å²) in [6.07, 6.45) is 3.01.